The van der Waals surface area contributed by atoms with Crippen LogP contribution in [0.2, 0.25) is 0 Å². The highest BCUT2D eigenvalue weighted by Crippen LogP contribution is 2.07. The minimum absolute atomic E-state index is 1.19. The predicted molar refractivity (Wildman–Crippen MR) is 35.7 cm³/mol. The van der Waals surface area contributed by atoms with E-state index in [0.717, 1.165) is 0 Å². The van der Waals surface area contributed by atoms with E-state index in [-0.39, 0.29) is 0 Å². The van der Waals surface area contributed by atoms with Crippen LogP contribution in [0.3, 0.4) is 0 Å². The number of hydrogen-bond donors (Lipinski definition) is 1. The van der Waals surface area contributed by atoms with E-state index in [2.05, 4.69) is 9.31 Å². The van der Waals surface area contributed by atoms with Gasteiger partial charge < -0.3 is 14.3 Å². The van der Waals surface area contributed by atoms with Gasteiger partial charge in [-0.15, -0.1) is 0 Å². The second-order valence-electron chi connectivity index (χ2n) is 1.92. The van der Waals surface area contributed by atoms with Gasteiger partial charge in [-0.25, -0.2) is 0 Å². The third-order valence-electron chi connectivity index (χ3n) is 0.965. The van der Waals surface area contributed by atoms with Crippen LogP contribution < -0.4 is 0 Å². The summed E-state index contributed by atoms with van der Waals surface area (Å²) in [5.74, 6) is 0. The summed E-state index contributed by atoms with van der Waals surface area (Å²) in [6, 6.07) is 3.14. The van der Waals surface area contributed by atoms with Crippen molar-refractivity contribution in [3.63, 3.8) is 0 Å². The Bertz CT molecular complexity index is 193. The molecule has 5 nitrogen and oxygen atoms in total. The SMILES string of the molecule is COB(O)OC(C)(C#N)C#N. The summed E-state index contributed by atoms with van der Waals surface area (Å²) in [6.07, 6.45) is 0. The predicted octanol–water partition coefficient (Wildman–Crippen LogP) is -0.568. The monoisotopic (exact) mass is 154 g/mol. The molecule has 0 radical (unpaired) electrons. The van der Waals surface area contributed by atoms with Gasteiger partial charge in [-0.3, -0.25) is 0 Å². The van der Waals surface area contributed by atoms with Crippen molar-refractivity contribution in [2.75, 3.05) is 7.11 Å². The fraction of sp³-hybridized carbons (Fsp3) is 0.600. The number of nitriles is 2. The zero-order chi connectivity index (χ0) is 8.91. The average Bonchev–Trinajstić information content (AvgIpc) is 2.04. The molecule has 0 fully saturated rings. The van der Waals surface area contributed by atoms with Crippen LogP contribution in [0.5, 0.6) is 0 Å². The van der Waals surface area contributed by atoms with Gasteiger partial charge in [0.1, 0.15) is 12.1 Å². The third-order valence-corrected chi connectivity index (χ3v) is 0.965. The van der Waals surface area contributed by atoms with Crippen LogP contribution >= 0.6 is 0 Å². The van der Waals surface area contributed by atoms with Crippen molar-refractivity contribution in [1.82, 2.24) is 0 Å². The Morgan fingerprint density at radius 1 is 1.45 bits per heavy atom. The van der Waals surface area contributed by atoms with E-state index in [1.807, 2.05) is 0 Å². The molecular weight excluding hydrogens is 147 g/mol. The molecule has 58 valence electrons. The number of nitrogens with zero attached hydrogens (tertiary/aromatic N) is 2. The van der Waals surface area contributed by atoms with E-state index in [0.29, 0.717) is 0 Å². The standard InChI is InChI=1S/C5H7BN2O3/c1-5(3-7,4-8)11-6(9)10-2/h9H,1-2H3. The van der Waals surface area contributed by atoms with Crippen molar-refractivity contribution in [1.29, 1.82) is 10.5 Å². The normalized spacial score (nSPS) is 9.91. The third kappa shape index (κ3) is 3.01. The first-order chi connectivity index (χ1) is 5.08. The van der Waals surface area contributed by atoms with E-state index < -0.39 is 12.9 Å². The van der Waals surface area contributed by atoms with Crippen LogP contribution in [-0.4, -0.2) is 25.1 Å². The Balaban J connectivity index is 4.14. The van der Waals surface area contributed by atoms with Crippen LogP contribution in [0.4, 0.5) is 0 Å². The van der Waals surface area contributed by atoms with Crippen molar-refractivity contribution in [2.45, 2.75) is 12.5 Å². The summed E-state index contributed by atoms with van der Waals surface area (Å²) >= 11 is 0. The maximum atomic E-state index is 8.71. The van der Waals surface area contributed by atoms with E-state index in [9.17, 15) is 0 Å². The van der Waals surface area contributed by atoms with E-state index >= 15 is 0 Å². The molecule has 0 aliphatic carbocycles. The highest BCUT2D eigenvalue weighted by molar-refractivity contribution is 6.34. The van der Waals surface area contributed by atoms with Crippen LogP contribution in [0, 0.1) is 22.7 Å². The quantitative estimate of drug-likeness (QED) is 0.550. The van der Waals surface area contributed by atoms with Gasteiger partial charge in [0.2, 0.25) is 5.60 Å². The van der Waals surface area contributed by atoms with Crippen molar-refractivity contribution in [2.24, 2.45) is 0 Å². The topological polar surface area (TPSA) is 86.3 Å². The van der Waals surface area contributed by atoms with Gasteiger partial charge in [0, 0.05) is 7.11 Å². The van der Waals surface area contributed by atoms with Crippen molar-refractivity contribution in [3.05, 3.63) is 0 Å². The minimum atomic E-state index is -1.66. The lowest BCUT2D eigenvalue weighted by molar-refractivity contribution is 0.102. The molecule has 0 aliphatic rings. The maximum absolute atomic E-state index is 8.71. The highest BCUT2D eigenvalue weighted by atomic mass is 16.7. The maximum Gasteiger partial charge on any atom is 0.638 e. The molecule has 0 bridgehead atoms. The fourth-order valence-corrected chi connectivity index (χ4v) is 0.327. The molecule has 0 rings (SSSR count). The van der Waals surface area contributed by atoms with Crippen LogP contribution in [-0.2, 0) is 9.31 Å². The van der Waals surface area contributed by atoms with E-state index in [1.165, 1.54) is 14.0 Å². The molecule has 0 amide bonds. The number of hydrogen-bond acceptors (Lipinski definition) is 5. The first-order valence-corrected chi connectivity index (χ1v) is 2.79. The molecule has 0 saturated heterocycles. The Labute approximate surface area is 64.9 Å². The summed E-state index contributed by atoms with van der Waals surface area (Å²) in [6.45, 7) is 1.23. The molecule has 0 aliphatic heterocycles. The van der Waals surface area contributed by atoms with Gasteiger partial charge in [0.05, 0.1) is 0 Å². The summed E-state index contributed by atoms with van der Waals surface area (Å²) in [5.41, 5.74) is -1.66. The summed E-state index contributed by atoms with van der Waals surface area (Å²) in [7, 11) is -0.348. The Morgan fingerprint density at radius 3 is 2.18 bits per heavy atom. The average molecular weight is 154 g/mol. The molecule has 0 atom stereocenters. The van der Waals surface area contributed by atoms with Crippen LogP contribution in [0.1, 0.15) is 6.92 Å². The lowest BCUT2D eigenvalue weighted by atomic mass is 10.1. The largest absolute Gasteiger partial charge is 0.638 e. The molecular formula is C5H7BN2O3. The summed E-state index contributed by atoms with van der Waals surface area (Å²) in [5, 5.41) is 25.4. The Kier molecular flexibility index (Phi) is 3.56. The fourth-order valence-electron chi connectivity index (χ4n) is 0.327. The molecule has 0 heterocycles. The van der Waals surface area contributed by atoms with E-state index in [4.69, 9.17) is 15.5 Å². The van der Waals surface area contributed by atoms with Gasteiger partial charge in [0.25, 0.3) is 0 Å². The molecule has 1 N–H and O–H groups in total. The summed E-state index contributed by atoms with van der Waals surface area (Å²) in [4.78, 5) is 0. The molecule has 0 unspecified atom stereocenters. The molecule has 11 heavy (non-hydrogen) atoms. The minimum Gasteiger partial charge on any atom is -0.402 e. The van der Waals surface area contributed by atoms with Crippen molar-refractivity contribution < 1.29 is 14.3 Å². The van der Waals surface area contributed by atoms with Gasteiger partial charge in [0.15, 0.2) is 0 Å². The van der Waals surface area contributed by atoms with Gasteiger partial charge in [-0.1, -0.05) is 0 Å². The lowest BCUT2D eigenvalue weighted by Crippen LogP contribution is -2.35. The second-order valence-corrected chi connectivity index (χ2v) is 1.92. The zero-order valence-corrected chi connectivity index (χ0v) is 6.24. The van der Waals surface area contributed by atoms with Gasteiger partial charge >= 0.3 is 7.32 Å². The summed E-state index contributed by atoms with van der Waals surface area (Å²) < 4.78 is 8.78. The first-order valence-electron chi connectivity index (χ1n) is 2.79. The molecule has 0 spiro atoms. The van der Waals surface area contributed by atoms with Gasteiger partial charge in [-0.2, -0.15) is 10.5 Å². The number of rotatable bonds is 3. The second kappa shape index (κ2) is 3.94. The van der Waals surface area contributed by atoms with Gasteiger partial charge in [-0.05, 0) is 6.92 Å². The smallest absolute Gasteiger partial charge is 0.402 e. The molecule has 6 heteroatoms. The first kappa shape index (κ1) is 9.92. The van der Waals surface area contributed by atoms with Crippen LogP contribution in [0.25, 0.3) is 0 Å². The van der Waals surface area contributed by atoms with Crippen molar-refractivity contribution in [3.8, 4) is 12.1 Å². The lowest BCUT2D eigenvalue weighted by Gasteiger charge is -2.13. The molecule has 0 saturated carbocycles. The molecule has 0 aromatic rings. The zero-order valence-electron chi connectivity index (χ0n) is 6.24. The van der Waals surface area contributed by atoms with Crippen LogP contribution in [0.15, 0.2) is 0 Å². The molecule has 0 aromatic heterocycles. The highest BCUT2D eigenvalue weighted by Gasteiger charge is 2.31. The Morgan fingerprint density at radius 2 is 1.91 bits per heavy atom. The van der Waals surface area contributed by atoms with E-state index in [1.54, 1.807) is 12.1 Å². The van der Waals surface area contributed by atoms with Crippen molar-refractivity contribution >= 4 is 7.32 Å². The Hall–Kier alpha value is -1.08. The molecule has 0 aromatic carbocycles.